The van der Waals surface area contributed by atoms with Gasteiger partial charge in [-0.1, -0.05) is 38.1 Å². The maximum Gasteiger partial charge on any atom is 0.337 e. The Morgan fingerprint density at radius 2 is 1.90 bits per heavy atom. The number of Topliss-reactive ketones (excluding diaryl/α,β-unsaturated/α-hetero) is 1. The zero-order chi connectivity index (χ0) is 22.9. The fraction of sp³-hybridized carbons (Fsp3) is 0.480. The number of allylic oxidation sites excluding steroid dienone is 3. The molecule has 0 unspecified atom stereocenters. The highest BCUT2D eigenvalue weighted by Gasteiger charge is 2.47. The van der Waals surface area contributed by atoms with Crippen molar-refractivity contribution in [2.75, 3.05) is 7.11 Å². The maximum atomic E-state index is 13.6. The molecule has 1 aliphatic heterocycles. The zero-order valence-electron chi connectivity index (χ0n) is 19.1. The van der Waals surface area contributed by atoms with Crippen molar-refractivity contribution in [2.24, 2.45) is 11.8 Å². The quantitative estimate of drug-likeness (QED) is 0.568. The first-order chi connectivity index (χ1) is 14.7. The Hall–Kier alpha value is -2.89. The molecule has 0 fully saturated rings. The number of carbonyl (C=O) groups excluding carboxylic acids is 3. The van der Waals surface area contributed by atoms with Crippen molar-refractivity contribution in [3.63, 3.8) is 0 Å². The van der Waals surface area contributed by atoms with Crippen molar-refractivity contribution in [3.05, 3.63) is 57.9 Å². The number of hydrogen-bond acceptors (Lipinski definition) is 6. The molecule has 1 N–H and O–H groups in total. The zero-order valence-corrected chi connectivity index (χ0v) is 19.1. The number of rotatable bonds is 5. The summed E-state index contributed by atoms with van der Waals surface area (Å²) >= 11 is 0. The van der Waals surface area contributed by atoms with Crippen LogP contribution in [0.1, 0.15) is 57.6 Å². The van der Waals surface area contributed by atoms with Crippen molar-refractivity contribution >= 4 is 17.7 Å². The lowest BCUT2D eigenvalue weighted by atomic mass is 9.68. The van der Waals surface area contributed by atoms with Crippen LogP contribution in [0, 0.1) is 18.8 Å². The Kier molecular flexibility index (Phi) is 6.68. The van der Waals surface area contributed by atoms with E-state index < -0.39 is 23.8 Å². The summed E-state index contributed by atoms with van der Waals surface area (Å²) in [6.45, 7) is 9.46. The molecule has 1 aromatic carbocycles. The van der Waals surface area contributed by atoms with E-state index in [0.717, 1.165) is 16.8 Å². The molecule has 0 bridgehead atoms. The van der Waals surface area contributed by atoms with Crippen LogP contribution in [0.25, 0.3) is 0 Å². The fourth-order valence-electron chi connectivity index (χ4n) is 4.50. The Morgan fingerprint density at radius 1 is 1.23 bits per heavy atom. The number of esters is 2. The molecule has 6 nitrogen and oxygen atoms in total. The predicted octanol–water partition coefficient (Wildman–Crippen LogP) is 3.95. The molecule has 1 heterocycles. The van der Waals surface area contributed by atoms with Crippen LogP contribution in [-0.4, -0.2) is 30.9 Å². The molecular weight excluding hydrogens is 394 g/mol. The summed E-state index contributed by atoms with van der Waals surface area (Å²) < 4.78 is 10.6. The molecule has 0 saturated heterocycles. The monoisotopic (exact) mass is 425 g/mol. The van der Waals surface area contributed by atoms with E-state index in [4.69, 9.17) is 9.47 Å². The number of nitrogens with one attached hydrogen (secondary N) is 1. The third-order valence-electron chi connectivity index (χ3n) is 6.35. The average molecular weight is 426 g/mol. The Bertz CT molecular complexity index is 974. The summed E-state index contributed by atoms with van der Waals surface area (Å²) in [4.78, 5) is 39.3. The first-order valence-electron chi connectivity index (χ1n) is 10.8. The van der Waals surface area contributed by atoms with Gasteiger partial charge in [0.2, 0.25) is 0 Å². The van der Waals surface area contributed by atoms with Crippen LogP contribution in [0.2, 0.25) is 0 Å². The van der Waals surface area contributed by atoms with Crippen molar-refractivity contribution < 1.29 is 23.9 Å². The van der Waals surface area contributed by atoms with Gasteiger partial charge in [0.1, 0.15) is 5.92 Å². The third kappa shape index (κ3) is 4.16. The fourth-order valence-corrected chi connectivity index (χ4v) is 4.50. The normalized spacial score (nSPS) is 24.3. The second-order valence-electron chi connectivity index (χ2n) is 8.52. The van der Waals surface area contributed by atoms with Gasteiger partial charge < -0.3 is 14.8 Å². The minimum Gasteiger partial charge on any atom is -0.468 e. The lowest BCUT2D eigenvalue weighted by molar-refractivity contribution is -0.151. The molecule has 1 aliphatic carbocycles. The lowest BCUT2D eigenvalue weighted by Crippen LogP contribution is -2.43. The molecule has 4 atom stereocenters. The molecule has 0 aromatic heterocycles. The largest absolute Gasteiger partial charge is 0.468 e. The van der Waals surface area contributed by atoms with Crippen LogP contribution in [0.3, 0.4) is 0 Å². The first kappa shape index (κ1) is 22.8. The number of aryl methyl sites for hydroxylation is 1. The van der Waals surface area contributed by atoms with E-state index in [9.17, 15) is 14.4 Å². The van der Waals surface area contributed by atoms with Gasteiger partial charge in [-0.3, -0.25) is 9.59 Å². The van der Waals surface area contributed by atoms with Gasteiger partial charge in [0, 0.05) is 22.9 Å². The van der Waals surface area contributed by atoms with Gasteiger partial charge in [0.05, 0.1) is 18.8 Å². The molecule has 6 heteroatoms. The third-order valence-corrected chi connectivity index (χ3v) is 6.35. The number of carbonyl (C=O) groups is 3. The molecule has 0 spiro atoms. The summed E-state index contributed by atoms with van der Waals surface area (Å²) in [7, 11) is 1.29. The topological polar surface area (TPSA) is 81.7 Å². The van der Waals surface area contributed by atoms with E-state index >= 15 is 0 Å². The van der Waals surface area contributed by atoms with Crippen molar-refractivity contribution in [1.29, 1.82) is 0 Å². The summed E-state index contributed by atoms with van der Waals surface area (Å²) in [6.07, 6.45) is 0.967. The predicted molar refractivity (Wildman–Crippen MR) is 117 cm³/mol. The standard InChI is InChI=1S/C25H31NO5/c1-7-15(4)31-25(29)20-16(5)26-18-12-14(3)19(24(28)30-6)23(27)22(18)21(20)17-11-9-8-10-13(17)2/h8-11,14-15,19,21,26H,7,12H2,1-6H3/t14-,15-,19+,21-/m0/s1. The van der Waals surface area contributed by atoms with Crippen LogP contribution >= 0.6 is 0 Å². The summed E-state index contributed by atoms with van der Waals surface area (Å²) in [5, 5.41) is 3.28. The van der Waals surface area contributed by atoms with E-state index in [0.29, 0.717) is 29.7 Å². The van der Waals surface area contributed by atoms with Gasteiger partial charge in [-0.05, 0) is 50.7 Å². The van der Waals surface area contributed by atoms with Crippen LogP contribution in [-0.2, 0) is 23.9 Å². The maximum absolute atomic E-state index is 13.6. The van der Waals surface area contributed by atoms with E-state index in [1.54, 1.807) is 0 Å². The second-order valence-corrected chi connectivity index (χ2v) is 8.52. The Labute approximate surface area is 183 Å². The highest BCUT2D eigenvalue weighted by atomic mass is 16.5. The highest BCUT2D eigenvalue weighted by Crippen LogP contribution is 2.46. The molecule has 0 amide bonds. The van der Waals surface area contributed by atoms with Crippen molar-refractivity contribution in [1.82, 2.24) is 5.32 Å². The number of benzene rings is 1. The minimum atomic E-state index is -0.887. The van der Waals surface area contributed by atoms with Crippen LogP contribution < -0.4 is 5.32 Å². The van der Waals surface area contributed by atoms with E-state index in [-0.39, 0.29) is 17.8 Å². The molecule has 2 aliphatic rings. The van der Waals surface area contributed by atoms with Crippen molar-refractivity contribution in [3.8, 4) is 0 Å². The average Bonchev–Trinajstić information content (AvgIpc) is 2.72. The van der Waals surface area contributed by atoms with E-state index in [1.165, 1.54) is 7.11 Å². The Balaban J connectivity index is 2.18. The summed E-state index contributed by atoms with van der Waals surface area (Å²) in [6, 6.07) is 7.70. The van der Waals surface area contributed by atoms with Crippen LogP contribution in [0.15, 0.2) is 46.8 Å². The number of ether oxygens (including phenoxy) is 2. The van der Waals surface area contributed by atoms with Gasteiger partial charge >= 0.3 is 11.9 Å². The van der Waals surface area contributed by atoms with Crippen LogP contribution in [0.5, 0.6) is 0 Å². The number of dihydropyridines is 1. The number of methoxy groups -OCH3 is 1. The lowest BCUT2D eigenvalue weighted by Gasteiger charge is -2.38. The minimum absolute atomic E-state index is 0.204. The smallest absolute Gasteiger partial charge is 0.337 e. The Morgan fingerprint density at radius 3 is 2.52 bits per heavy atom. The SMILES string of the molecule is CC[C@H](C)OC(=O)C1=C(C)NC2=C(C(=O)[C@H](C(=O)OC)[C@@H](C)C2)[C@H]1c1ccccc1C. The summed E-state index contributed by atoms with van der Waals surface area (Å²) in [5.41, 5.74) is 4.15. The summed E-state index contributed by atoms with van der Waals surface area (Å²) in [5.74, 6) is -2.96. The molecule has 3 rings (SSSR count). The second kappa shape index (κ2) is 9.08. The first-order valence-corrected chi connectivity index (χ1v) is 10.8. The molecule has 0 saturated carbocycles. The van der Waals surface area contributed by atoms with Gasteiger partial charge in [-0.2, -0.15) is 0 Å². The van der Waals surface area contributed by atoms with Gasteiger partial charge in [0.25, 0.3) is 0 Å². The van der Waals surface area contributed by atoms with Crippen LogP contribution in [0.4, 0.5) is 0 Å². The van der Waals surface area contributed by atoms with Gasteiger partial charge in [-0.25, -0.2) is 4.79 Å². The van der Waals surface area contributed by atoms with Crippen molar-refractivity contribution in [2.45, 2.75) is 59.5 Å². The van der Waals surface area contributed by atoms with Gasteiger partial charge in [-0.15, -0.1) is 0 Å². The molecule has 1 aromatic rings. The number of ketones is 1. The highest BCUT2D eigenvalue weighted by molar-refractivity contribution is 6.12. The number of hydrogen-bond donors (Lipinski definition) is 1. The van der Waals surface area contributed by atoms with E-state index in [2.05, 4.69) is 5.32 Å². The van der Waals surface area contributed by atoms with Gasteiger partial charge in [0.15, 0.2) is 5.78 Å². The molecule has 166 valence electrons. The van der Waals surface area contributed by atoms with E-state index in [1.807, 2.05) is 58.9 Å². The molecular formula is C25H31NO5. The molecule has 0 radical (unpaired) electrons. The molecule has 31 heavy (non-hydrogen) atoms.